The number of para-hydroxylation sites is 1. The molecule has 0 aliphatic carbocycles. The van der Waals surface area contributed by atoms with E-state index in [1.54, 1.807) is 0 Å². The first-order valence-electron chi connectivity index (χ1n) is 9.64. The molecule has 0 heterocycles. The summed E-state index contributed by atoms with van der Waals surface area (Å²) in [6, 6.07) is 28.3. The molecular formula is C24H26N2O3. The Kier molecular flexibility index (Phi) is 7.66. The van der Waals surface area contributed by atoms with E-state index in [1.807, 2.05) is 78.9 Å². The van der Waals surface area contributed by atoms with E-state index in [-0.39, 0.29) is 6.10 Å². The Morgan fingerprint density at radius 2 is 1.59 bits per heavy atom. The van der Waals surface area contributed by atoms with Crippen molar-refractivity contribution in [2.45, 2.75) is 19.1 Å². The van der Waals surface area contributed by atoms with E-state index in [1.165, 1.54) is 7.11 Å². The Hall–Kier alpha value is -3.31. The second-order valence-corrected chi connectivity index (χ2v) is 6.61. The molecule has 0 aromatic heterocycles. The zero-order chi connectivity index (χ0) is 20.3. The first kappa shape index (κ1) is 20.4. The van der Waals surface area contributed by atoms with Crippen LogP contribution >= 0.6 is 0 Å². The fourth-order valence-corrected chi connectivity index (χ4v) is 3.02. The molecule has 2 N–H and O–H groups in total. The van der Waals surface area contributed by atoms with Gasteiger partial charge in [0.2, 0.25) is 0 Å². The van der Waals surface area contributed by atoms with Crippen LogP contribution in [0.2, 0.25) is 0 Å². The number of carbonyl (C=O) groups is 1. The average molecular weight is 390 g/mol. The monoisotopic (exact) mass is 390 g/mol. The smallest absolute Gasteiger partial charge is 0.406 e. The van der Waals surface area contributed by atoms with E-state index >= 15 is 0 Å². The summed E-state index contributed by atoms with van der Waals surface area (Å²) in [5, 5.41) is 6.12. The molecule has 1 amide bonds. The van der Waals surface area contributed by atoms with Crippen LogP contribution in [0, 0.1) is 0 Å². The maximum atomic E-state index is 11.3. The highest BCUT2D eigenvalue weighted by atomic mass is 16.5. The van der Waals surface area contributed by atoms with Gasteiger partial charge in [0.15, 0.2) is 0 Å². The quantitative estimate of drug-likeness (QED) is 0.511. The van der Waals surface area contributed by atoms with Crippen LogP contribution in [0.1, 0.15) is 23.7 Å². The summed E-state index contributed by atoms with van der Waals surface area (Å²) < 4.78 is 10.8. The van der Waals surface area contributed by atoms with E-state index in [4.69, 9.17) is 4.74 Å². The number of anilines is 2. The number of ether oxygens (including phenoxy) is 2. The first-order chi connectivity index (χ1) is 14.2. The van der Waals surface area contributed by atoms with Gasteiger partial charge in [-0.1, -0.05) is 60.7 Å². The van der Waals surface area contributed by atoms with E-state index in [0.717, 1.165) is 22.5 Å². The molecule has 3 aromatic carbocycles. The second-order valence-electron chi connectivity index (χ2n) is 6.61. The molecule has 1 atom stereocenters. The molecule has 0 aliphatic heterocycles. The lowest BCUT2D eigenvalue weighted by atomic mass is 10.1. The number of hydrogen-bond acceptors (Lipinski definition) is 4. The molecule has 0 radical (unpaired) electrons. The lowest BCUT2D eigenvalue weighted by Crippen LogP contribution is -2.25. The molecule has 0 saturated carbocycles. The molecule has 29 heavy (non-hydrogen) atoms. The highest BCUT2D eigenvalue weighted by Crippen LogP contribution is 2.24. The van der Waals surface area contributed by atoms with Gasteiger partial charge in [0.1, 0.15) is 0 Å². The van der Waals surface area contributed by atoms with Crippen molar-refractivity contribution in [3.05, 3.63) is 96.1 Å². The van der Waals surface area contributed by atoms with Crippen LogP contribution < -0.4 is 10.6 Å². The van der Waals surface area contributed by atoms with Crippen LogP contribution in [0.15, 0.2) is 84.9 Å². The van der Waals surface area contributed by atoms with Gasteiger partial charge in [-0.15, -0.1) is 0 Å². The fourth-order valence-electron chi connectivity index (χ4n) is 3.02. The minimum Gasteiger partial charge on any atom is -0.453 e. The van der Waals surface area contributed by atoms with Gasteiger partial charge in [0.05, 0.1) is 19.8 Å². The molecule has 3 aromatic rings. The van der Waals surface area contributed by atoms with Crippen molar-refractivity contribution >= 4 is 17.5 Å². The van der Waals surface area contributed by atoms with Crippen molar-refractivity contribution in [3.8, 4) is 0 Å². The number of methoxy groups -OCH3 is 1. The minimum absolute atomic E-state index is 0.126. The van der Waals surface area contributed by atoms with Gasteiger partial charge in [-0.05, 0) is 41.8 Å². The van der Waals surface area contributed by atoms with Gasteiger partial charge in [-0.3, -0.25) is 0 Å². The normalized spacial score (nSPS) is 11.5. The van der Waals surface area contributed by atoms with Crippen molar-refractivity contribution in [1.82, 2.24) is 5.32 Å². The number of alkyl carbamates (subject to hydrolysis) is 1. The molecule has 3 rings (SSSR count). The highest BCUT2D eigenvalue weighted by Gasteiger charge is 2.13. The number of hydrogen-bond donors (Lipinski definition) is 2. The van der Waals surface area contributed by atoms with Gasteiger partial charge < -0.3 is 20.1 Å². The summed E-state index contributed by atoms with van der Waals surface area (Å²) in [7, 11) is 1.36. The number of carbonyl (C=O) groups excluding carboxylic acids is 1. The molecule has 5 heteroatoms. The third kappa shape index (κ3) is 6.66. The van der Waals surface area contributed by atoms with Gasteiger partial charge >= 0.3 is 6.09 Å². The third-order valence-corrected chi connectivity index (χ3v) is 4.47. The molecule has 0 fully saturated rings. The van der Waals surface area contributed by atoms with Crippen molar-refractivity contribution in [2.24, 2.45) is 0 Å². The predicted octanol–water partition coefficient (Wildman–Crippen LogP) is 5.43. The SMILES string of the molecule is COC(=O)NCCC(OCc1cccc(Nc2ccccc2)c1)c1ccccc1. The summed E-state index contributed by atoms with van der Waals surface area (Å²) >= 11 is 0. The molecule has 0 saturated heterocycles. The van der Waals surface area contributed by atoms with Crippen molar-refractivity contribution in [2.75, 3.05) is 19.0 Å². The van der Waals surface area contributed by atoms with Crippen LogP contribution in [0.3, 0.4) is 0 Å². The zero-order valence-electron chi connectivity index (χ0n) is 16.5. The Morgan fingerprint density at radius 1 is 0.897 bits per heavy atom. The van der Waals surface area contributed by atoms with Gasteiger partial charge in [-0.25, -0.2) is 4.79 Å². The van der Waals surface area contributed by atoms with Crippen LogP contribution in [-0.2, 0) is 16.1 Å². The number of rotatable bonds is 9. The van der Waals surface area contributed by atoms with Crippen LogP contribution in [-0.4, -0.2) is 19.7 Å². The summed E-state index contributed by atoms with van der Waals surface area (Å²) in [5.74, 6) is 0. The Balaban J connectivity index is 1.62. The number of amides is 1. The molecule has 0 spiro atoms. The second kappa shape index (κ2) is 10.9. The van der Waals surface area contributed by atoms with Gasteiger partial charge in [0.25, 0.3) is 0 Å². The molecular weight excluding hydrogens is 364 g/mol. The summed E-state index contributed by atoms with van der Waals surface area (Å²) in [5.41, 5.74) is 4.22. The summed E-state index contributed by atoms with van der Waals surface area (Å²) in [6.45, 7) is 0.948. The molecule has 5 nitrogen and oxygen atoms in total. The van der Waals surface area contributed by atoms with Crippen LogP contribution in [0.5, 0.6) is 0 Å². The Morgan fingerprint density at radius 3 is 2.31 bits per heavy atom. The molecule has 1 unspecified atom stereocenters. The Labute approximate surface area is 171 Å². The summed E-state index contributed by atoms with van der Waals surface area (Å²) in [6.07, 6.45) is 0.0942. The standard InChI is InChI=1S/C24H26N2O3/c1-28-24(27)25-16-15-23(20-10-4-2-5-11-20)29-18-19-9-8-14-22(17-19)26-21-12-6-3-7-13-21/h2-14,17,23,26H,15-16,18H2,1H3,(H,25,27). The molecule has 150 valence electrons. The number of benzene rings is 3. The van der Waals surface area contributed by atoms with Crippen molar-refractivity contribution in [1.29, 1.82) is 0 Å². The predicted molar refractivity (Wildman–Crippen MR) is 115 cm³/mol. The van der Waals surface area contributed by atoms with Crippen LogP contribution in [0.4, 0.5) is 16.2 Å². The van der Waals surface area contributed by atoms with E-state index in [9.17, 15) is 4.79 Å². The lowest BCUT2D eigenvalue weighted by Gasteiger charge is -2.19. The summed E-state index contributed by atoms with van der Waals surface area (Å²) in [4.78, 5) is 11.3. The van der Waals surface area contributed by atoms with Crippen molar-refractivity contribution in [3.63, 3.8) is 0 Å². The lowest BCUT2D eigenvalue weighted by molar-refractivity contribution is 0.0341. The van der Waals surface area contributed by atoms with Gasteiger partial charge in [0, 0.05) is 17.9 Å². The molecule has 0 aliphatic rings. The topological polar surface area (TPSA) is 59.6 Å². The zero-order valence-corrected chi connectivity index (χ0v) is 16.5. The van der Waals surface area contributed by atoms with E-state index in [2.05, 4.69) is 21.4 Å². The number of nitrogens with one attached hydrogen (secondary N) is 2. The largest absolute Gasteiger partial charge is 0.453 e. The fraction of sp³-hybridized carbons (Fsp3) is 0.208. The Bertz CT molecular complexity index is 885. The molecule has 0 bridgehead atoms. The van der Waals surface area contributed by atoms with E-state index in [0.29, 0.717) is 19.6 Å². The van der Waals surface area contributed by atoms with Crippen molar-refractivity contribution < 1.29 is 14.3 Å². The average Bonchev–Trinajstić information content (AvgIpc) is 2.77. The van der Waals surface area contributed by atoms with Gasteiger partial charge in [-0.2, -0.15) is 0 Å². The first-order valence-corrected chi connectivity index (χ1v) is 9.64. The maximum absolute atomic E-state index is 11.3. The maximum Gasteiger partial charge on any atom is 0.406 e. The minimum atomic E-state index is -0.434. The van der Waals surface area contributed by atoms with Crippen LogP contribution in [0.25, 0.3) is 0 Å². The highest BCUT2D eigenvalue weighted by molar-refractivity contribution is 5.66. The third-order valence-electron chi connectivity index (χ3n) is 4.47. The van der Waals surface area contributed by atoms with E-state index < -0.39 is 6.09 Å².